The molecule has 6 heteroatoms. The molecule has 0 bridgehead atoms. The monoisotopic (exact) mass is 240 g/mol. The van der Waals surface area contributed by atoms with Crippen molar-refractivity contribution in [2.24, 2.45) is 0 Å². The predicted octanol–water partition coefficient (Wildman–Crippen LogP) is 0.162. The van der Waals surface area contributed by atoms with Crippen LogP contribution in [0.3, 0.4) is 0 Å². The van der Waals surface area contributed by atoms with Gasteiger partial charge in [-0.05, 0) is 12.1 Å². The van der Waals surface area contributed by atoms with Crippen LogP contribution in [0.25, 0.3) is 0 Å². The summed E-state index contributed by atoms with van der Waals surface area (Å²) in [6.45, 7) is 1.23. The van der Waals surface area contributed by atoms with E-state index in [1.165, 1.54) is 6.26 Å². The second-order valence-corrected chi connectivity index (χ2v) is 3.33. The first-order valence-electron chi connectivity index (χ1n) is 5.31. The predicted molar refractivity (Wildman–Crippen MR) is 60.5 cm³/mol. The molecule has 0 aromatic carbocycles. The third-order valence-corrected chi connectivity index (χ3v) is 2.01. The maximum atomic E-state index is 11.4. The molecular formula is C11H16N2O4. The van der Waals surface area contributed by atoms with E-state index in [2.05, 4.69) is 10.6 Å². The lowest BCUT2D eigenvalue weighted by Gasteiger charge is -2.05. The molecule has 2 amide bonds. The molecule has 1 aromatic heterocycles. The van der Waals surface area contributed by atoms with Crippen molar-refractivity contribution in [1.82, 2.24) is 10.6 Å². The van der Waals surface area contributed by atoms with Crippen molar-refractivity contribution >= 4 is 11.8 Å². The summed E-state index contributed by atoms with van der Waals surface area (Å²) in [6, 6.07) is 3.19. The Morgan fingerprint density at radius 3 is 2.82 bits per heavy atom. The lowest BCUT2D eigenvalue weighted by molar-refractivity contribution is -0.121. The van der Waals surface area contributed by atoms with Crippen LogP contribution in [0.2, 0.25) is 0 Å². The first-order chi connectivity index (χ1) is 8.24. The van der Waals surface area contributed by atoms with Gasteiger partial charge in [0.1, 0.15) is 0 Å². The lowest BCUT2D eigenvalue weighted by Crippen LogP contribution is -2.32. The molecule has 0 radical (unpaired) electrons. The van der Waals surface area contributed by atoms with Gasteiger partial charge in [0.05, 0.1) is 12.9 Å². The Balaban J connectivity index is 2.11. The molecule has 0 saturated carbocycles. The number of carbonyl (C=O) groups is 2. The van der Waals surface area contributed by atoms with Crippen LogP contribution < -0.4 is 10.6 Å². The zero-order valence-corrected chi connectivity index (χ0v) is 9.69. The Hall–Kier alpha value is -1.82. The van der Waals surface area contributed by atoms with Crippen molar-refractivity contribution in [1.29, 1.82) is 0 Å². The van der Waals surface area contributed by atoms with Gasteiger partial charge in [0.15, 0.2) is 5.76 Å². The van der Waals surface area contributed by atoms with Gasteiger partial charge in [0.25, 0.3) is 5.91 Å². The summed E-state index contributed by atoms with van der Waals surface area (Å²) in [5.41, 5.74) is 0. The topological polar surface area (TPSA) is 80.6 Å². The smallest absolute Gasteiger partial charge is 0.286 e. The maximum Gasteiger partial charge on any atom is 0.286 e. The summed E-state index contributed by atoms with van der Waals surface area (Å²) < 4.78 is 9.69. The fourth-order valence-electron chi connectivity index (χ4n) is 1.17. The number of hydrogen-bond acceptors (Lipinski definition) is 4. The molecule has 0 aliphatic heterocycles. The van der Waals surface area contributed by atoms with Crippen molar-refractivity contribution in [3.05, 3.63) is 24.2 Å². The average molecular weight is 240 g/mol. The Bertz CT molecular complexity index is 348. The molecule has 6 nitrogen and oxygen atoms in total. The van der Waals surface area contributed by atoms with Gasteiger partial charge >= 0.3 is 0 Å². The van der Waals surface area contributed by atoms with E-state index in [1.54, 1.807) is 19.2 Å². The largest absolute Gasteiger partial charge is 0.459 e. The van der Waals surface area contributed by atoms with Crippen LogP contribution in [0, 0.1) is 0 Å². The van der Waals surface area contributed by atoms with E-state index in [9.17, 15) is 9.59 Å². The van der Waals surface area contributed by atoms with Crippen LogP contribution in [-0.2, 0) is 9.53 Å². The molecule has 94 valence electrons. The number of methoxy groups -OCH3 is 1. The van der Waals surface area contributed by atoms with Crippen LogP contribution in [0.4, 0.5) is 0 Å². The van der Waals surface area contributed by atoms with Crippen molar-refractivity contribution in [2.45, 2.75) is 6.42 Å². The number of ether oxygens (including phenoxy) is 1. The van der Waals surface area contributed by atoms with E-state index in [0.717, 1.165) is 0 Å². The van der Waals surface area contributed by atoms with Crippen molar-refractivity contribution in [3.63, 3.8) is 0 Å². The molecule has 1 aromatic rings. The summed E-state index contributed by atoms with van der Waals surface area (Å²) in [5, 5.41) is 5.24. The zero-order chi connectivity index (χ0) is 12.5. The summed E-state index contributed by atoms with van der Waals surface area (Å²) in [7, 11) is 1.57. The van der Waals surface area contributed by atoms with Crippen molar-refractivity contribution in [2.75, 3.05) is 26.8 Å². The number of rotatable bonds is 7. The number of hydrogen-bond donors (Lipinski definition) is 2. The fraction of sp³-hybridized carbons (Fsp3) is 0.455. The van der Waals surface area contributed by atoms with Crippen LogP contribution in [-0.4, -0.2) is 38.6 Å². The highest BCUT2D eigenvalue weighted by Crippen LogP contribution is 1.98. The molecule has 2 N–H and O–H groups in total. The molecule has 0 aliphatic carbocycles. The second-order valence-electron chi connectivity index (χ2n) is 3.33. The van der Waals surface area contributed by atoms with E-state index in [1.807, 2.05) is 0 Å². The Morgan fingerprint density at radius 2 is 2.18 bits per heavy atom. The Labute approximate surface area is 99.3 Å². The second kappa shape index (κ2) is 7.45. The van der Waals surface area contributed by atoms with E-state index in [4.69, 9.17) is 9.15 Å². The summed E-state index contributed by atoms with van der Waals surface area (Å²) in [5.74, 6) is -0.203. The molecule has 0 unspecified atom stereocenters. The summed E-state index contributed by atoms with van der Waals surface area (Å²) in [6.07, 6.45) is 1.66. The molecule has 17 heavy (non-hydrogen) atoms. The van der Waals surface area contributed by atoms with E-state index in [0.29, 0.717) is 13.2 Å². The van der Waals surface area contributed by atoms with Gasteiger partial charge in [0, 0.05) is 26.6 Å². The third-order valence-electron chi connectivity index (χ3n) is 2.01. The van der Waals surface area contributed by atoms with Crippen LogP contribution in [0.15, 0.2) is 22.8 Å². The fourth-order valence-corrected chi connectivity index (χ4v) is 1.17. The van der Waals surface area contributed by atoms with Gasteiger partial charge in [-0.2, -0.15) is 0 Å². The minimum atomic E-state index is -0.320. The highest BCUT2D eigenvalue weighted by Gasteiger charge is 2.08. The van der Waals surface area contributed by atoms with Gasteiger partial charge in [-0.1, -0.05) is 0 Å². The quantitative estimate of drug-likeness (QED) is 0.665. The van der Waals surface area contributed by atoms with Crippen LogP contribution in [0.5, 0.6) is 0 Å². The Morgan fingerprint density at radius 1 is 1.35 bits per heavy atom. The van der Waals surface area contributed by atoms with Crippen LogP contribution >= 0.6 is 0 Å². The molecule has 0 spiro atoms. The van der Waals surface area contributed by atoms with Crippen molar-refractivity contribution in [3.8, 4) is 0 Å². The van der Waals surface area contributed by atoms with Gasteiger partial charge in [-0.3, -0.25) is 9.59 Å². The van der Waals surface area contributed by atoms with Gasteiger partial charge in [-0.15, -0.1) is 0 Å². The maximum absolute atomic E-state index is 11.4. The molecule has 0 saturated heterocycles. The number of carbonyl (C=O) groups excluding carboxylic acids is 2. The van der Waals surface area contributed by atoms with Crippen molar-refractivity contribution < 1.29 is 18.7 Å². The van der Waals surface area contributed by atoms with Gasteiger partial charge in [0.2, 0.25) is 5.91 Å². The number of furan rings is 1. The summed E-state index contributed by atoms with van der Waals surface area (Å²) >= 11 is 0. The van der Waals surface area contributed by atoms with E-state index < -0.39 is 0 Å². The number of amides is 2. The first-order valence-corrected chi connectivity index (χ1v) is 5.31. The average Bonchev–Trinajstić information content (AvgIpc) is 2.82. The third kappa shape index (κ3) is 5.17. The van der Waals surface area contributed by atoms with Crippen LogP contribution in [0.1, 0.15) is 17.0 Å². The standard InChI is InChI=1S/C11H16N2O4/c1-16-8-6-12-10(14)4-5-13-11(15)9-3-2-7-17-9/h2-3,7H,4-6,8H2,1H3,(H,12,14)(H,13,15). The molecule has 0 fully saturated rings. The SMILES string of the molecule is COCCNC(=O)CCNC(=O)c1ccco1. The molecular weight excluding hydrogens is 224 g/mol. The number of nitrogens with one attached hydrogen (secondary N) is 2. The zero-order valence-electron chi connectivity index (χ0n) is 9.69. The lowest BCUT2D eigenvalue weighted by atomic mass is 10.3. The van der Waals surface area contributed by atoms with Gasteiger partial charge < -0.3 is 19.8 Å². The Kier molecular flexibility index (Phi) is 5.81. The molecule has 0 aliphatic rings. The van der Waals surface area contributed by atoms with Gasteiger partial charge in [-0.25, -0.2) is 0 Å². The highest BCUT2D eigenvalue weighted by atomic mass is 16.5. The van der Waals surface area contributed by atoms with E-state index in [-0.39, 0.29) is 30.5 Å². The molecule has 1 heterocycles. The molecule has 1 rings (SSSR count). The first kappa shape index (κ1) is 13.2. The minimum Gasteiger partial charge on any atom is -0.459 e. The highest BCUT2D eigenvalue weighted by molar-refractivity contribution is 5.91. The minimum absolute atomic E-state index is 0.123. The normalized spacial score (nSPS) is 9.94. The van der Waals surface area contributed by atoms with E-state index >= 15 is 0 Å². The molecule has 0 atom stereocenters. The summed E-state index contributed by atoms with van der Waals surface area (Å²) in [4.78, 5) is 22.6.